The standard InChI is InChI=1S/C22H23N3O4S/c1-3-29-22(27)19-15-6-4-5-7-18(15)30-21(19)23-20(26)17-12-16(24-25-17)13-8-10-14(28-2)11-9-13/h8-12H,3-7H2,1-2H3,(H,23,26)(H,24,25). The highest BCUT2D eigenvalue weighted by atomic mass is 32.1. The van der Waals surface area contributed by atoms with Crippen LogP contribution in [0.1, 0.15) is 51.1 Å². The van der Waals surface area contributed by atoms with Crippen molar-refractivity contribution in [1.29, 1.82) is 0 Å². The second-order valence-electron chi connectivity index (χ2n) is 6.98. The zero-order valence-corrected chi connectivity index (χ0v) is 17.7. The Hall–Kier alpha value is -3.13. The Kier molecular flexibility index (Phi) is 5.85. The molecule has 0 radical (unpaired) electrons. The van der Waals surface area contributed by atoms with Crippen molar-refractivity contribution >= 4 is 28.2 Å². The van der Waals surface area contributed by atoms with Gasteiger partial charge in [-0.15, -0.1) is 11.3 Å². The second-order valence-corrected chi connectivity index (χ2v) is 8.09. The summed E-state index contributed by atoms with van der Waals surface area (Å²) < 4.78 is 10.4. The summed E-state index contributed by atoms with van der Waals surface area (Å²) in [6.07, 6.45) is 3.89. The number of thiophene rings is 1. The quantitative estimate of drug-likeness (QED) is 0.569. The Balaban J connectivity index is 1.57. The average Bonchev–Trinajstić information content (AvgIpc) is 3.39. The SMILES string of the molecule is CCOC(=O)c1c(NC(=O)c2cc(-c3ccc(OC)cc3)n[nH]2)sc2c1CCCC2. The molecule has 0 unspecified atom stereocenters. The first kappa shape index (κ1) is 20.2. The molecule has 2 aromatic heterocycles. The minimum absolute atomic E-state index is 0.294. The van der Waals surface area contributed by atoms with Crippen molar-refractivity contribution < 1.29 is 19.1 Å². The van der Waals surface area contributed by atoms with Crippen LogP contribution in [0.3, 0.4) is 0 Å². The fourth-order valence-corrected chi connectivity index (χ4v) is 4.86. The van der Waals surface area contributed by atoms with Crippen LogP contribution in [0.2, 0.25) is 0 Å². The smallest absolute Gasteiger partial charge is 0.341 e. The highest BCUT2D eigenvalue weighted by molar-refractivity contribution is 7.17. The first-order chi connectivity index (χ1) is 14.6. The number of carbonyl (C=O) groups excluding carboxylic acids is 2. The van der Waals surface area contributed by atoms with Gasteiger partial charge < -0.3 is 14.8 Å². The molecule has 8 heteroatoms. The number of hydrogen-bond donors (Lipinski definition) is 2. The average molecular weight is 426 g/mol. The number of anilines is 1. The number of rotatable bonds is 6. The summed E-state index contributed by atoms with van der Waals surface area (Å²) in [5, 5.41) is 10.5. The predicted molar refractivity (Wildman–Crippen MR) is 115 cm³/mol. The molecule has 2 heterocycles. The van der Waals surface area contributed by atoms with E-state index in [2.05, 4.69) is 15.5 Å². The normalized spacial score (nSPS) is 12.9. The van der Waals surface area contributed by atoms with E-state index in [0.717, 1.165) is 47.4 Å². The lowest BCUT2D eigenvalue weighted by molar-refractivity contribution is 0.0526. The zero-order valence-electron chi connectivity index (χ0n) is 16.9. The van der Waals surface area contributed by atoms with E-state index in [0.29, 0.717) is 28.6 Å². The van der Waals surface area contributed by atoms with Crippen LogP contribution in [-0.4, -0.2) is 35.8 Å². The molecule has 1 aliphatic carbocycles. The maximum Gasteiger partial charge on any atom is 0.341 e. The fourth-order valence-electron chi connectivity index (χ4n) is 3.59. The molecule has 7 nitrogen and oxygen atoms in total. The van der Waals surface area contributed by atoms with Gasteiger partial charge in [0.15, 0.2) is 0 Å². The first-order valence-electron chi connectivity index (χ1n) is 9.93. The second kappa shape index (κ2) is 8.71. The number of carbonyl (C=O) groups is 2. The fraction of sp³-hybridized carbons (Fsp3) is 0.318. The molecule has 30 heavy (non-hydrogen) atoms. The monoisotopic (exact) mass is 425 g/mol. The molecule has 1 aliphatic rings. The van der Waals surface area contributed by atoms with Crippen molar-refractivity contribution in [3.8, 4) is 17.0 Å². The van der Waals surface area contributed by atoms with Gasteiger partial charge in [-0.3, -0.25) is 9.89 Å². The summed E-state index contributed by atoms with van der Waals surface area (Å²) in [5.74, 6) is 0.0301. The molecule has 1 amide bonds. The number of benzene rings is 1. The number of aryl methyl sites for hydroxylation is 1. The molecule has 0 saturated heterocycles. The Labute approximate surface area is 178 Å². The van der Waals surface area contributed by atoms with Crippen molar-refractivity contribution in [3.63, 3.8) is 0 Å². The van der Waals surface area contributed by atoms with Gasteiger partial charge in [0.05, 0.1) is 25.0 Å². The molecule has 0 saturated carbocycles. The number of aromatic amines is 1. The number of ether oxygens (including phenoxy) is 2. The summed E-state index contributed by atoms with van der Waals surface area (Å²) in [6.45, 7) is 2.07. The van der Waals surface area contributed by atoms with Crippen LogP contribution in [-0.2, 0) is 17.6 Å². The minimum Gasteiger partial charge on any atom is -0.497 e. The van der Waals surface area contributed by atoms with Crippen LogP contribution in [0, 0.1) is 0 Å². The minimum atomic E-state index is -0.379. The van der Waals surface area contributed by atoms with E-state index in [9.17, 15) is 9.59 Å². The molecule has 0 spiro atoms. The van der Waals surface area contributed by atoms with Gasteiger partial charge in [-0.05, 0) is 68.5 Å². The molecule has 3 aromatic rings. The number of methoxy groups -OCH3 is 1. The molecule has 156 valence electrons. The van der Waals surface area contributed by atoms with Gasteiger partial charge in [0.25, 0.3) is 5.91 Å². The van der Waals surface area contributed by atoms with E-state index >= 15 is 0 Å². The molecule has 0 bridgehead atoms. The van der Waals surface area contributed by atoms with Gasteiger partial charge in [-0.1, -0.05) is 0 Å². The van der Waals surface area contributed by atoms with E-state index in [4.69, 9.17) is 9.47 Å². The van der Waals surface area contributed by atoms with E-state index in [1.165, 1.54) is 11.3 Å². The number of aromatic nitrogens is 2. The third kappa shape index (κ3) is 3.95. The molecule has 1 aromatic carbocycles. The van der Waals surface area contributed by atoms with Crippen LogP contribution in [0.5, 0.6) is 5.75 Å². The van der Waals surface area contributed by atoms with Gasteiger partial charge in [0, 0.05) is 10.4 Å². The molecule has 0 fully saturated rings. The Morgan fingerprint density at radius 3 is 2.70 bits per heavy atom. The van der Waals surface area contributed by atoms with Crippen LogP contribution < -0.4 is 10.1 Å². The molecular weight excluding hydrogens is 402 g/mol. The van der Waals surface area contributed by atoms with Gasteiger partial charge in [0.1, 0.15) is 16.4 Å². The number of nitrogens with one attached hydrogen (secondary N) is 2. The summed E-state index contributed by atoms with van der Waals surface area (Å²) in [6, 6.07) is 9.12. The topological polar surface area (TPSA) is 93.3 Å². The Morgan fingerprint density at radius 2 is 1.97 bits per heavy atom. The lowest BCUT2D eigenvalue weighted by Gasteiger charge is -2.12. The first-order valence-corrected chi connectivity index (χ1v) is 10.7. The summed E-state index contributed by atoms with van der Waals surface area (Å²) in [7, 11) is 1.61. The number of nitrogens with zero attached hydrogens (tertiary/aromatic N) is 1. The van der Waals surface area contributed by atoms with Gasteiger partial charge >= 0.3 is 5.97 Å². The molecule has 0 aliphatic heterocycles. The van der Waals surface area contributed by atoms with E-state index < -0.39 is 0 Å². The van der Waals surface area contributed by atoms with Crippen LogP contribution in [0.25, 0.3) is 11.3 Å². The van der Waals surface area contributed by atoms with Gasteiger partial charge in [-0.25, -0.2) is 4.79 Å². The largest absolute Gasteiger partial charge is 0.497 e. The van der Waals surface area contributed by atoms with Crippen molar-refractivity contribution in [2.45, 2.75) is 32.6 Å². The highest BCUT2D eigenvalue weighted by Crippen LogP contribution is 2.38. The highest BCUT2D eigenvalue weighted by Gasteiger charge is 2.27. The van der Waals surface area contributed by atoms with E-state index in [-0.39, 0.29) is 11.9 Å². The number of H-pyrrole nitrogens is 1. The predicted octanol–water partition coefficient (Wildman–Crippen LogP) is 4.45. The third-order valence-electron chi connectivity index (χ3n) is 5.09. The van der Waals surface area contributed by atoms with Crippen molar-refractivity contribution in [1.82, 2.24) is 10.2 Å². The maximum atomic E-state index is 12.9. The van der Waals surface area contributed by atoms with E-state index in [1.807, 2.05) is 24.3 Å². The number of amides is 1. The molecular formula is C22H23N3O4S. The summed E-state index contributed by atoms with van der Waals surface area (Å²) in [5.41, 5.74) is 3.36. The van der Waals surface area contributed by atoms with E-state index in [1.54, 1.807) is 20.1 Å². The number of fused-ring (bicyclic) bond motifs is 1. The zero-order chi connectivity index (χ0) is 21.1. The maximum absolute atomic E-state index is 12.9. The van der Waals surface area contributed by atoms with Gasteiger partial charge in [0.2, 0.25) is 0 Å². The molecule has 4 rings (SSSR count). The number of hydrogen-bond acceptors (Lipinski definition) is 6. The van der Waals surface area contributed by atoms with Crippen molar-refractivity contribution in [2.24, 2.45) is 0 Å². The van der Waals surface area contributed by atoms with Gasteiger partial charge in [-0.2, -0.15) is 5.10 Å². The van der Waals surface area contributed by atoms with Crippen molar-refractivity contribution in [3.05, 3.63) is 52.0 Å². The summed E-state index contributed by atoms with van der Waals surface area (Å²) in [4.78, 5) is 26.6. The third-order valence-corrected chi connectivity index (χ3v) is 6.29. The molecule has 2 N–H and O–H groups in total. The van der Waals surface area contributed by atoms with Crippen molar-refractivity contribution in [2.75, 3.05) is 19.0 Å². The lowest BCUT2D eigenvalue weighted by atomic mass is 9.95. The number of esters is 1. The molecule has 0 atom stereocenters. The lowest BCUT2D eigenvalue weighted by Crippen LogP contribution is -2.16. The Bertz CT molecular complexity index is 1070. The van der Waals surface area contributed by atoms with Crippen LogP contribution in [0.4, 0.5) is 5.00 Å². The van der Waals surface area contributed by atoms with Crippen LogP contribution >= 0.6 is 11.3 Å². The Morgan fingerprint density at radius 1 is 1.20 bits per heavy atom. The summed E-state index contributed by atoms with van der Waals surface area (Å²) >= 11 is 1.47. The van der Waals surface area contributed by atoms with Crippen LogP contribution in [0.15, 0.2) is 30.3 Å².